The molecule has 0 bridgehead atoms. The van der Waals surface area contributed by atoms with E-state index < -0.39 is 0 Å². The van der Waals surface area contributed by atoms with Gasteiger partial charge in [-0.25, -0.2) is 0 Å². The summed E-state index contributed by atoms with van der Waals surface area (Å²) < 4.78 is 11.5. The molecule has 2 aromatic rings. The van der Waals surface area contributed by atoms with Crippen molar-refractivity contribution in [2.24, 2.45) is 0 Å². The Balaban J connectivity index is 1.60. The van der Waals surface area contributed by atoms with Crippen LogP contribution < -0.4 is 14.8 Å². The fourth-order valence-corrected chi connectivity index (χ4v) is 2.23. The van der Waals surface area contributed by atoms with E-state index in [1.165, 1.54) is 0 Å². The van der Waals surface area contributed by atoms with Gasteiger partial charge in [-0.15, -0.1) is 0 Å². The summed E-state index contributed by atoms with van der Waals surface area (Å²) in [5.41, 5.74) is 1.15. The molecule has 0 heterocycles. The van der Waals surface area contributed by atoms with Gasteiger partial charge in [0.25, 0.3) is 0 Å². The molecule has 0 aromatic heterocycles. The normalized spacial score (nSPS) is 11.9. The summed E-state index contributed by atoms with van der Waals surface area (Å²) in [6.07, 6.45) is 1.73. The molecule has 2 rings (SSSR count). The molecule has 0 aliphatic carbocycles. The van der Waals surface area contributed by atoms with Gasteiger partial charge in [0, 0.05) is 6.54 Å². The maximum atomic E-state index is 9.13. The van der Waals surface area contributed by atoms with Gasteiger partial charge in [0.1, 0.15) is 18.1 Å². The highest BCUT2D eigenvalue weighted by Crippen LogP contribution is 2.18. The van der Waals surface area contributed by atoms with Crippen molar-refractivity contribution in [2.75, 3.05) is 19.7 Å². The third-order valence-electron chi connectivity index (χ3n) is 3.53. The lowest BCUT2D eigenvalue weighted by Gasteiger charge is -2.09. The average Bonchev–Trinajstić information content (AvgIpc) is 2.61. The molecule has 4 heteroatoms. The molecule has 130 valence electrons. The predicted octanol–water partition coefficient (Wildman–Crippen LogP) is 3.40. The van der Waals surface area contributed by atoms with Crippen LogP contribution in [-0.4, -0.2) is 30.9 Å². The van der Waals surface area contributed by atoms with Crippen molar-refractivity contribution in [1.82, 2.24) is 5.32 Å². The van der Waals surface area contributed by atoms with Crippen LogP contribution in [-0.2, 0) is 6.61 Å². The first-order valence-corrected chi connectivity index (χ1v) is 8.52. The number of aliphatic hydroxyl groups excluding tert-OH is 1. The smallest absolute Gasteiger partial charge is 0.120 e. The molecule has 0 aliphatic rings. The zero-order valence-electron chi connectivity index (χ0n) is 14.3. The molecule has 0 spiro atoms. The molecule has 0 fully saturated rings. The summed E-state index contributed by atoms with van der Waals surface area (Å²) in [5.74, 6) is 1.70. The van der Waals surface area contributed by atoms with Gasteiger partial charge >= 0.3 is 0 Å². The van der Waals surface area contributed by atoms with Crippen LogP contribution in [0.5, 0.6) is 11.5 Å². The van der Waals surface area contributed by atoms with E-state index in [-0.39, 0.29) is 6.10 Å². The number of hydrogen-bond donors (Lipinski definition) is 2. The quantitative estimate of drug-likeness (QED) is 0.621. The minimum Gasteiger partial charge on any atom is -0.494 e. The van der Waals surface area contributed by atoms with E-state index in [1.807, 2.05) is 54.6 Å². The number of rotatable bonds is 11. The van der Waals surface area contributed by atoms with E-state index in [4.69, 9.17) is 14.6 Å². The molecule has 0 unspecified atom stereocenters. The topological polar surface area (TPSA) is 50.7 Å². The van der Waals surface area contributed by atoms with Crippen LogP contribution in [0, 0.1) is 0 Å². The first kappa shape index (κ1) is 18.3. The Hall–Kier alpha value is -2.04. The summed E-state index contributed by atoms with van der Waals surface area (Å²) >= 11 is 0. The molecule has 2 aromatic carbocycles. The zero-order chi connectivity index (χ0) is 17.0. The molecular weight excluding hydrogens is 302 g/mol. The summed E-state index contributed by atoms with van der Waals surface area (Å²) in [6.45, 7) is 4.59. The minimum atomic E-state index is -0.288. The van der Waals surface area contributed by atoms with Gasteiger partial charge in [-0.2, -0.15) is 0 Å². The van der Waals surface area contributed by atoms with E-state index in [9.17, 15) is 0 Å². The minimum absolute atomic E-state index is 0.288. The lowest BCUT2D eigenvalue weighted by Crippen LogP contribution is -2.25. The number of nitrogens with one attached hydrogen (secondary N) is 1. The standard InChI is InChI=1S/C20H27NO3/c1-17(22)15-21-13-5-6-14-23-19-9-11-20(12-10-19)24-16-18-7-3-2-4-8-18/h2-4,7-12,17,21-22H,5-6,13-16H2,1H3/t17-/m1/s1. The second-order valence-electron chi connectivity index (χ2n) is 5.85. The van der Waals surface area contributed by atoms with Crippen LogP contribution in [0.15, 0.2) is 54.6 Å². The summed E-state index contributed by atoms with van der Waals surface area (Å²) in [4.78, 5) is 0. The SMILES string of the molecule is C[C@@H](O)CNCCCCOc1ccc(OCc2ccccc2)cc1. The number of aliphatic hydroxyl groups is 1. The monoisotopic (exact) mass is 329 g/mol. The third kappa shape index (κ3) is 7.49. The fraction of sp³-hybridized carbons (Fsp3) is 0.400. The Morgan fingerprint density at radius 3 is 2.25 bits per heavy atom. The maximum absolute atomic E-state index is 9.13. The number of unbranched alkanes of at least 4 members (excludes halogenated alkanes) is 1. The summed E-state index contributed by atoms with van der Waals surface area (Å²) in [6, 6.07) is 17.9. The Morgan fingerprint density at radius 1 is 0.917 bits per heavy atom. The zero-order valence-corrected chi connectivity index (χ0v) is 14.3. The van der Waals surface area contributed by atoms with Crippen molar-refractivity contribution in [3.05, 3.63) is 60.2 Å². The Bertz CT molecular complexity index is 555. The molecule has 0 saturated heterocycles. The molecule has 4 nitrogen and oxygen atoms in total. The van der Waals surface area contributed by atoms with Gasteiger partial charge in [-0.3, -0.25) is 0 Å². The van der Waals surface area contributed by atoms with Crippen LogP contribution in [0.25, 0.3) is 0 Å². The highest BCUT2D eigenvalue weighted by atomic mass is 16.5. The highest BCUT2D eigenvalue weighted by Gasteiger charge is 1.98. The van der Waals surface area contributed by atoms with Crippen molar-refractivity contribution in [3.8, 4) is 11.5 Å². The Labute approximate surface area is 144 Å². The van der Waals surface area contributed by atoms with Gasteiger partial charge in [-0.05, 0) is 56.1 Å². The maximum Gasteiger partial charge on any atom is 0.120 e. The first-order chi connectivity index (χ1) is 11.7. The van der Waals surface area contributed by atoms with Gasteiger partial charge in [0.05, 0.1) is 12.7 Å². The molecule has 1 atom stereocenters. The Kier molecular flexibility index (Phi) is 8.15. The van der Waals surface area contributed by atoms with E-state index in [0.717, 1.165) is 36.4 Å². The fourth-order valence-electron chi connectivity index (χ4n) is 2.23. The van der Waals surface area contributed by atoms with Crippen molar-refractivity contribution in [3.63, 3.8) is 0 Å². The van der Waals surface area contributed by atoms with Crippen LogP contribution in [0.3, 0.4) is 0 Å². The average molecular weight is 329 g/mol. The number of ether oxygens (including phenoxy) is 2. The van der Waals surface area contributed by atoms with Crippen LogP contribution in [0.4, 0.5) is 0 Å². The lowest BCUT2D eigenvalue weighted by molar-refractivity contribution is 0.191. The largest absolute Gasteiger partial charge is 0.494 e. The predicted molar refractivity (Wildman–Crippen MR) is 96.5 cm³/mol. The van der Waals surface area contributed by atoms with E-state index in [0.29, 0.717) is 19.8 Å². The third-order valence-corrected chi connectivity index (χ3v) is 3.53. The molecule has 0 radical (unpaired) electrons. The lowest BCUT2D eigenvalue weighted by atomic mass is 10.2. The van der Waals surface area contributed by atoms with Crippen LogP contribution >= 0.6 is 0 Å². The number of hydrogen-bond acceptors (Lipinski definition) is 4. The van der Waals surface area contributed by atoms with Gasteiger partial charge in [0.2, 0.25) is 0 Å². The van der Waals surface area contributed by atoms with Gasteiger partial charge < -0.3 is 19.9 Å². The van der Waals surface area contributed by atoms with Crippen molar-refractivity contribution >= 4 is 0 Å². The van der Waals surface area contributed by atoms with Crippen LogP contribution in [0.2, 0.25) is 0 Å². The van der Waals surface area contributed by atoms with Gasteiger partial charge in [0.15, 0.2) is 0 Å². The molecule has 0 aliphatic heterocycles. The van der Waals surface area contributed by atoms with Crippen molar-refractivity contribution < 1.29 is 14.6 Å². The second-order valence-corrected chi connectivity index (χ2v) is 5.85. The molecular formula is C20H27NO3. The molecule has 2 N–H and O–H groups in total. The van der Waals surface area contributed by atoms with E-state index in [2.05, 4.69) is 5.32 Å². The van der Waals surface area contributed by atoms with Crippen molar-refractivity contribution in [1.29, 1.82) is 0 Å². The second kappa shape index (κ2) is 10.7. The Morgan fingerprint density at radius 2 is 1.58 bits per heavy atom. The van der Waals surface area contributed by atoms with E-state index in [1.54, 1.807) is 6.92 Å². The number of benzene rings is 2. The van der Waals surface area contributed by atoms with Crippen LogP contribution in [0.1, 0.15) is 25.3 Å². The molecule has 0 saturated carbocycles. The van der Waals surface area contributed by atoms with Crippen molar-refractivity contribution in [2.45, 2.75) is 32.5 Å². The molecule has 0 amide bonds. The van der Waals surface area contributed by atoms with E-state index >= 15 is 0 Å². The molecule has 24 heavy (non-hydrogen) atoms. The highest BCUT2D eigenvalue weighted by molar-refractivity contribution is 5.31. The first-order valence-electron chi connectivity index (χ1n) is 8.52. The van der Waals surface area contributed by atoms with Gasteiger partial charge in [-0.1, -0.05) is 30.3 Å². The summed E-state index contributed by atoms with van der Waals surface area (Å²) in [7, 11) is 0. The summed E-state index contributed by atoms with van der Waals surface area (Å²) in [5, 5.41) is 12.3.